The Hall–Kier alpha value is -1.40. The molecule has 0 spiro atoms. The van der Waals surface area contributed by atoms with E-state index < -0.39 is 5.97 Å². The number of carbonyl (C=O) groups excluding carboxylic acids is 1. The molecule has 1 amide bonds. The molecule has 0 bridgehead atoms. The second-order valence-electron chi connectivity index (χ2n) is 5.79. The number of aromatic carboxylic acids is 1. The summed E-state index contributed by atoms with van der Waals surface area (Å²) in [6.07, 6.45) is 4.32. The Labute approximate surface area is 137 Å². The molecular weight excluding hydrogens is 350 g/mol. The fourth-order valence-corrected chi connectivity index (χ4v) is 3.84. The van der Waals surface area contributed by atoms with Gasteiger partial charge in [0.2, 0.25) is 0 Å². The molecule has 1 aromatic rings. The van der Waals surface area contributed by atoms with Gasteiger partial charge in [0, 0.05) is 16.6 Å². The van der Waals surface area contributed by atoms with Gasteiger partial charge in [-0.2, -0.15) is 0 Å². The fraction of sp³-hybridized carbons (Fsp3) is 0.500. The Morgan fingerprint density at radius 1 is 1.18 bits per heavy atom. The highest BCUT2D eigenvalue weighted by Gasteiger charge is 2.37. The number of carboxylic acid groups (broad SMARTS) is 1. The Morgan fingerprint density at radius 2 is 1.91 bits per heavy atom. The van der Waals surface area contributed by atoms with Gasteiger partial charge >= 0.3 is 5.97 Å². The maximum absolute atomic E-state index is 12.8. The largest absolute Gasteiger partial charge is 0.478 e. The Morgan fingerprint density at radius 3 is 2.68 bits per heavy atom. The molecule has 1 aromatic carbocycles. The lowest BCUT2D eigenvalue weighted by Crippen LogP contribution is -2.54. The smallest absolute Gasteiger partial charge is 0.335 e. The van der Waals surface area contributed by atoms with E-state index in [-0.39, 0.29) is 23.6 Å². The molecule has 1 aliphatic carbocycles. The summed E-state index contributed by atoms with van der Waals surface area (Å²) in [5, 5.41) is 9.15. The van der Waals surface area contributed by atoms with Gasteiger partial charge in [0.1, 0.15) is 0 Å². The van der Waals surface area contributed by atoms with Crippen molar-refractivity contribution in [1.82, 2.24) is 4.90 Å². The number of carboxylic acids is 1. The van der Waals surface area contributed by atoms with Gasteiger partial charge in [-0.15, -0.1) is 0 Å². The van der Waals surface area contributed by atoms with Gasteiger partial charge in [0.25, 0.3) is 5.91 Å². The second-order valence-corrected chi connectivity index (χ2v) is 6.71. The van der Waals surface area contributed by atoms with Crippen molar-refractivity contribution in [1.29, 1.82) is 0 Å². The number of hydrogen-bond donors (Lipinski definition) is 1. The minimum Gasteiger partial charge on any atom is -0.478 e. The summed E-state index contributed by atoms with van der Waals surface area (Å²) in [6.45, 7) is 1.11. The Balaban J connectivity index is 1.88. The number of fused-ring (bicyclic) bond motifs is 1. The van der Waals surface area contributed by atoms with Crippen LogP contribution in [0.4, 0.5) is 0 Å². The maximum Gasteiger partial charge on any atom is 0.335 e. The van der Waals surface area contributed by atoms with Gasteiger partial charge < -0.3 is 14.7 Å². The zero-order chi connectivity index (χ0) is 15.7. The molecule has 2 fully saturated rings. The lowest BCUT2D eigenvalue weighted by molar-refractivity contribution is -0.0752. The number of amides is 1. The van der Waals surface area contributed by atoms with Crippen molar-refractivity contribution in [3.05, 3.63) is 33.8 Å². The minimum atomic E-state index is -1.03. The lowest BCUT2D eigenvalue weighted by atomic mass is 9.89. The molecular formula is C16H18BrNO4. The van der Waals surface area contributed by atoms with E-state index >= 15 is 0 Å². The molecule has 1 saturated carbocycles. The van der Waals surface area contributed by atoms with Gasteiger partial charge in [-0.25, -0.2) is 4.79 Å². The number of hydrogen-bond acceptors (Lipinski definition) is 3. The van der Waals surface area contributed by atoms with Crippen molar-refractivity contribution < 1.29 is 19.4 Å². The van der Waals surface area contributed by atoms with Crippen LogP contribution in [0.25, 0.3) is 0 Å². The molecule has 5 nitrogen and oxygen atoms in total. The average Bonchev–Trinajstić information content (AvgIpc) is 2.53. The van der Waals surface area contributed by atoms with Crippen LogP contribution in [0.1, 0.15) is 46.4 Å². The molecule has 118 valence electrons. The summed E-state index contributed by atoms with van der Waals surface area (Å²) >= 11 is 3.28. The van der Waals surface area contributed by atoms with Crippen molar-refractivity contribution in [3.8, 4) is 0 Å². The minimum absolute atomic E-state index is 0.107. The van der Waals surface area contributed by atoms with Crippen LogP contribution in [-0.2, 0) is 4.74 Å². The van der Waals surface area contributed by atoms with Crippen molar-refractivity contribution in [2.45, 2.75) is 37.8 Å². The number of benzene rings is 1. The summed E-state index contributed by atoms with van der Waals surface area (Å²) in [7, 11) is 0. The summed E-state index contributed by atoms with van der Waals surface area (Å²) < 4.78 is 6.39. The van der Waals surface area contributed by atoms with Crippen LogP contribution in [0.2, 0.25) is 0 Å². The topological polar surface area (TPSA) is 66.8 Å². The third-order valence-electron chi connectivity index (χ3n) is 4.38. The van der Waals surface area contributed by atoms with Crippen LogP contribution >= 0.6 is 15.9 Å². The van der Waals surface area contributed by atoms with E-state index in [0.29, 0.717) is 23.2 Å². The summed E-state index contributed by atoms with van der Waals surface area (Å²) in [5.41, 5.74) is 0.532. The SMILES string of the molecule is O=C(O)c1cc(Br)cc(C(=O)N2CCOC3CCCCC32)c1. The Kier molecular flexibility index (Phi) is 4.49. The van der Waals surface area contributed by atoms with Gasteiger partial charge in [-0.1, -0.05) is 28.8 Å². The molecule has 22 heavy (non-hydrogen) atoms. The first-order chi connectivity index (χ1) is 10.6. The van der Waals surface area contributed by atoms with Crippen LogP contribution in [0, 0.1) is 0 Å². The number of ether oxygens (including phenoxy) is 1. The van der Waals surface area contributed by atoms with Crippen LogP contribution in [0.15, 0.2) is 22.7 Å². The Bertz CT molecular complexity index is 602. The third kappa shape index (κ3) is 3.03. The van der Waals surface area contributed by atoms with Gasteiger partial charge in [-0.05, 0) is 31.0 Å². The van der Waals surface area contributed by atoms with E-state index in [1.165, 1.54) is 12.1 Å². The predicted octanol–water partition coefficient (Wildman–Crippen LogP) is 2.93. The first kappa shape index (κ1) is 15.5. The number of rotatable bonds is 2. The summed E-state index contributed by atoms with van der Waals surface area (Å²) in [5.74, 6) is -1.14. The van der Waals surface area contributed by atoms with Crippen molar-refractivity contribution in [2.75, 3.05) is 13.2 Å². The highest BCUT2D eigenvalue weighted by atomic mass is 79.9. The molecule has 1 heterocycles. The zero-order valence-electron chi connectivity index (χ0n) is 12.1. The van der Waals surface area contributed by atoms with Crippen molar-refractivity contribution in [2.24, 2.45) is 0 Å². The van der Waals surface area contributed by atoms with Crippen molar-refractivity contribution >= 4 is 27.8 Å². The molecule has 2 unspecified atom stereocenters. The van der Waals surface area contributed by atoms with E-state index in [2.05, 4.69) is 15.9 Å². The monoisotopic (exact) mass is 367 g/mol. The molecule has 1 aliphatic heterocycles. The van der Waals surface area contributed by atoms with Crippen molar-refractivity contribution in [3.63, 3.8) is 0 Å². The quantitative estimate of drug-likeness (QED) is 0.872. The number of morpholine rings is 1. The maximum atomic E-state index is 12.8. The van der Waals surface area contributed by atoms with E-state index in [0.717, 1.165) is 25.7 Å². The standard InChI is InChI=1S/C16H18BrNO4/c17-12-8-10(7-11(9-12)16(20)21)15(19)18-5-6-22-14-4-2-1-3-13(14)18/h7-9,13-14H,1-6H2,(H,20,21). The first-order valence-electron chi connectivity index (χ1n) is 7.53. The first-order valence-corrected chi connectivity index (χ1v) is 8.32. The van der Waals surface area contributed by atoms with Gasteiger partial charge in [0.15, 0.2) is 0 Å². The van der Waals surface area contributed by atoms with Gasteiger partial charge in [-0.3, -0.25) is 4.79 Å². The van der Waals surface area contributed by atoms with E-state index in [9.17, 15) is 9.59 Å². The molecule has 0 radical (unpaired) electrons. The van der Waals surface area contributed by atoms with Crippen LogP contribution < -0.4 is 0 Å². The predicted molar refractivity (Wildman–Crippen MR) is 84.1 cm³/mol. The molecule has 0 aromatic heterocycles. The van der Waals surface area contributed by atoms with E-state index in [4.69, 9.17) is 9.84 Å². The molecule has 1 N–H and O–H groups in total. The molecule has 2 atom stereocenters. The number of carbonyl (C=O) groups is 2. The summed E-state index contributed by atoms with van der Waals surface area (Å²) in [4.78, 5) is 25.9. The fourth-order valence-electron chi connectivity index (χ4n) is 3.35. The molecule has 2 aliphatic rings. The van der Waals surface area contributed by atoms with Crippen LogP contribution in [0.3, 0.4) is 0 Å². The van der Waals surface area contributed by atoms with Gasteiger partial charge in [0.05, 0.1) is 24.3 Å². The summed E-state index contributed by atoms with van der Waals surface area (Å²) in [6, 6.07) is 4.74. The number of nitrogens with zero attached hydrogens (tertiary/aromatic N) is 1. The van der Waals surface area contributed by atoms with E-state index in [1.54, 1.807) is 6.07 Å². The molecule has 1 saturated heterocycles. The lowest BCUT2D eigenvalue weighted by Gasteiger charge is -2.43. The van der Waals surface area contributed by atoms with Crippen LogP contribution in [-0.4, -0.2) is 47.2 Å². The normalized spacial score (nSPS) is 24.7. The second kappa shape index (κ2) is 6.38. The highest BCUT2D eigenvalue weighted by Crippen LogP contribution is 2.30. The van der Waals surface area contributed by atoms with E-state index in [1.807, 2.05) is 4.90 Å². The highest BCUT2D eigenvalue weighted by molar-refractivity contribution is 9.10. The van der Waals surface area contributed by atoms with Crippen LogP contribution in [0.5, 0.6) is 0 Å². The number of halogens is 1. The molecule has 3 rings (SSSR count). The average molecular weight is 368 g/mol. The molecule has 6 heteroatoms. The third-order valence-corrected chi connectivity index (χ3v) is 4.84. The zero-order valence-corrected chi connectivity index (χ0v) is 13.7.